The summed E-state index contributed by atoms with van der Waals surface area (Å²) in [6, 6.07) is 18.9. The molecular formula is C20H18ClN3O. The minimum atomic E-state index is -0.311. The number of hydrogen-bond acceptors (Lipinski definition) is 2. The lowest BCUT2D eigenvalue weighted by Gasteiger charge is -2.12. The predicted molar refractivity (Wildman–Crippen MR) is 102 cm³/mol. The van der Waals surface area contributed by atoms with E-state index in [1.165, 1.54) is 0 Å². The van der Waals surface area contributed by atoms with E-state index in [0.717, 1.165) is 22.4 Å². The Kier molecular flexibility index (Phi) is 5.31. The second-order valence-corrected chi connectivity index (χ2v) is 6.08. The molecule has 3 aromatic rings. The van der Waals surface area contributed by atoms with Crippen molar-refractivity contribution in [1.82, 2.24) is 10.3 Å². The number of carbonyl (C=O) groups is 1. The molecule has 0 radical (unpaired) electrons. The molecule has 3 rings (SSSR count). The fourth-order valence-electron chi connectivity index (χ4n) is 2.50. The van der Waals surface area contributed by atoms with Crippen LogP contribution in [-0.4, -0.2) is 11.0 Å². The van der Waals surface area contributed by atoms with Crippen LogP contribution in [0.5, 0.6) is 0 Å². The number of amides is 2. The topological polar surface area (TPSA) is 54.0 Å². The molecule has 126 valence electrons. The SMILES string of the molecule is Cc1ccc(NC(=O)NCc2cccnc2-c2ccccc2)c(Cl)c1. The Balaban J connectivity index is 1.69. The standard InChI is InChI=1S/C20H18ClN3O/c1-14-9-10-18(17(21)12-14)24-20(25)23-13-16-8-5-11-22-19(16)15-6-3-2-4-7-15/h2-12H,13H2,1H3,(H2,23,24,25). The molecule has 0 atom stereocenters. The van der Waals surface area contributed by atoms with Crippen LogP contribution in [0.2, 0.25) is 5.02 Å². The summed E-state index contributed by atoms with van der Waals surface area (Å²) in [5.74, 6) is 0. The molecule has 0 aliphatic rings. The first-order valence-corrected chi connectivity index (χ1v) is 8.31. The van der Waals surface area contributed by atoms with Crippen LogP contribution >= 0.6 is 11.6 Å². The molecule has 0 aliphatic heterocycles. The molecule has 2 amide bonds. The van der Waals surface area contributed by atoms with Crippen LogP contribution in [0.3, 0.4) is 0 Å². The Morgan fingerprint density at radius 1 is 1.08 bits per heavy atom. The van der Waals surface area contributed by atoms with Crippen molar-refractivity contribution >= 4 is 23.3 Å². The summed E-state index contributed by atoms with van der Waals surface area (Å²) in [7, 11) is 0. The Hall–Kier alpha value is -2.85. The first-order valence-electron chi connectivity index (χ1n) is 7.94. The molecule has 2 N–H and O–H groups in total. The van der Waals surface area contributed by atoms with Gasteiger partial charge in [-0.25, -0.2) is 4.79 Å². The van der Waals surface area contributed by atoms with Gasteiger partial charge in [-0.3, -0.25) is 4.98 Å². The van der Waals surface area contributed by atoms with Gasteiger partial charge >= 0.3 is 6.03 Å². The van der Waals surface area contributed by atoms with Gasteiger partial charge in [0.05, 0.1) is 16.4 Å². The largest absolute Gasteiger partial charge is 0.334 e. The number of benzene rings is 2. The fourth-order valence-corrected chi connectivity index (χ4v) is 2.78. The normalized spacial score (nSPS) is 10.3. The number of halogens is 1. The van der Waals surface area contributed by atoms with Crippen molar-refractivity contribution in [3.05, 3.63) is 83.0 Å². The van der Waals surface area contributed by atoms with Gasteiger partial charge in [-0.05, 0) is 36.2 Å². The fraction of sp³-hybridized carbons (Fsp3) is 0.100. The first-order chi connectivity index (χ1) is 12.1. The van der Waals surface area contributed by atoms with Gasteiger partial charge in [0.2, 0.25) is 0 Å². The van der Waals surface area contributed by atoms with Crippen LogP contribution in [0.15, 0.2) is 66.9 Å². The molecule has 4 nitrogen and oxygen atoms in total. The Morgan fingerprint density at radius 2 is 1.88 bits per heavy atom. The van der Waals surface area contributed by atoms with Crippen LogP contribution in [0.1, 0.15) is 11.1 Å². The summed E-state index contributed by atoms with van der Waals surface area (Å²) in [4.78, 5) is 16.6. The van der Waals surface area contributed by atoms with E-state index in [4.69, 9.17) is 11.6 Å². The minimum absolute atomic E-state index is 0.311. The number of urea groups is 1. The number of rotatable bonds is 4. The predicted octanol–water partition coefficient (Wildman–Crippen LogP) is 5.03. The minimum Gasteiger partial charge on any atom is -0.334 e. The van der Waals surface area contributed by atoms with E-state index < -0.39 is 0 Å². The zero-order valence-electron chi connectivity index (χ0n) is 13.8. The van der Waals surface area contributed by atoms with E-state index in [2.05, 4.69) is 15.6 Å². The zero-order chi connectivity index (χ0) is 17.6. The number of carbonyl (C=O) groups excluding carboxylic acids is 1. The maximum absolute atomic E-state index is 12.2. The molecule has 0 saturated heterocycles. The average Bonchev–Trinajstić information content (AvgIpc) is 2.63. The number of anilines is 1. The molecule has 0 saturated carbocycles. The van der Waals surface area contributed by atoms with Gasteiger partial charge in [0.15, 0.2) is 0 Å². The second-order valence-electron chi connectivity index (χ2n) is 5.67. The molecule has 0 spiro atoms. The highest BCUT2D eigenvalue weighted by atomic mass is 35.5. The molecule has 2 aromatic carbocycles. The molecule has 1 heterocycles. The smallest absolute Gasteiger partial charge is 0.319 e. The average molecular weight is 352 g/mol. The van der Waals surface area contributed by atoms with Gasteiger partial charge in [-0.2, -0.15) is 0 Å². The highest BCUT2D eigenvalue weighted by molar-refractivity contribution is 6.33. The van der Waals surface area contributed by atoms with E-state index in [1.807, 2.05) is 61.5 Å². The lowest BCUT2D eigenvalue weighted by atomic mass is 10.1. The molecule has 0 bridgehead atoms. The zero-order valence-corrected chi connectivity index (χ0v) is 14.5. The molecule has 1 aromatic heterocycles. The Morgan fingerprint density at radius 3 is 2.64 bits per heavy atom. The van der Waals surface area contributed by atoms with Crippen LogP contribution in [0.25, 0.3) is 11.3 Å². The third kappa shape index (κ3) is 4.37. The van der Waals surface area contributed by atoms with Crippen LogP contribution in [0, 0.1) is 6.92 Å². The lowest BCUT2D eigenvalue weighted by Crippen LogP contribution is -2.28. The number of hydrogen-bond donors (Lipinski definition) is 2. The first kappa shape index (κ1) is 17.0. The van der Waals surface area contributed by atoms with Gasteiger partial charge in [0, 0.05) is 18.3 Å². The van der Waals surface area contributed by atoms with Crippen molar-refractivity contribution < 1.29 is 4.79 Å². The number of nitrogens with one attached hydrogen (secondary N) is 2. The number of nitrogens with zero attached hydrogens (tertiary/aromatic N) is 1. The number of aromatic nitrogens is 1. The summed E-state index contributed by atoms with van der Waals surface area (Å²) in [5, 5.41) is 6.13. The highest BCUT2D eigenvalue weighted by Gasteiger charge is 2.09. The van der Waals surface area contributed by atoms with Crippen molar-refractivity contribution in [1.29, 1.82) is 0 Å². The summed E-state index contributed by atoms with van der Waals surface area (Å²) in [6.07, 6.45) is 1.75. The van der Waals surface area contributed by atoms with E-state index in [1.54, 1.807) is 12.3 Å². The van der Waals surface area contributed by atoms with Crippen molar-refractivity contribution in [2.24, 2.45) is 0 Å². The summed E-state index contributed by atoms with van der Waals surface area (Å²) < 4.78 is 0. The van der Waals surface area contributed by atoms with E-state index in [9.17, 15) is 4.79 Å². The van der Waals surface area contributed by atoms with E-state index in [-0.39, 0.29) is 6.03 Å². The molecule has 25 heavy (non-hydrogen) atoms. The van der Waals surface area contributed by atoms with E-state index in [0.29, 0.717) is 17.3 Å². The third-order valence-electron chi connectivity index (χ3n) is 3.75. The maximum Gasteiger partial charge on any atom is 0.319 e. The molecule has 5 heteroatoms. The second kappa shape index (κ2) is 7.81. The molecule has 0 fully saturated rings. The van der Waals surface area contributed by atoms with Crippen LogP contribution in [-0.2, 0) is 6.54 Å². The summed E-state index contributed by atoms with van der Waals surface area (Å²) in [6.45, 7) is 2.32. The maximum atomic E-state index is 12.2. The number of pyridine rings is 1. The van der Waals surface area contributed by atoms with Crippen molar-refractivity contribution in [2.45, 2.75) is 13.5 Å². The summed E-state index contributed by atoms with van der Waals surface area (Å²) >= 11 is 6.14. The van der Waals surface area contributed by atoms with E-state index >= 15 is 0 Å². The van der Waals surface area contributed by atoms with Gasteiger partial charge in [0.25, 0.3) is 0 Å². The molecular weight excluding hydrogens is 334 g/mol. The molecule has 0 aliphatic carbocycles. The van der Waals surface area contributed by atoms with Crippen LogP contribution in [0.4, 0.5) is 10.5 Å². The molecule has 0 unspecified atom stereocenters. The Bertz CT molecular complexity index is 881. The Labute approximate surface area is 151 Å². The van der Waals surface area contributed by atoms with Gasteiger partial charge in [0.1, 0.15) is 0 Å². The quantitative estimate of drug-likeness (QED) is 0.692. The lowest BCUT2D eigenvalue weighted by molar-refractivity contribution is 0.252. The van der Waals surface area contributed by atoms with Crippen molar-refractivity contribution in [3.63, 3.8) is 0 Å². The van der Waals surface area contributed by atoms with Crippen molar-refractivity contribution in [3.8, 4) is 11.3 Å². The monoisotopic (exact) mass is 351 g/mol. The van der Waals surface area contributed by atoms with Crippen molar-refractivity contribution in [2.75, 3.05) is 5.32 Å². The summed E-state index contributed by atoms with van der Waals surface area (Å²) in [5.41, 5.74) is 4.44. The number of aryl methyl sites for hydroxylation is 1. The van der Waals surface area contributed by atoms with Gasteiger partial charge < -0.3 is 10.6 Å². The highest BCUT2D eigenvalue weighted by Crippen LogP contribution is 2.23. The third-order valence-corrected chi connectivity index (χ3v) is 4.06. The van der Waals surface area contributed by atoms with Crippen LogP contribution < -0.4 is 10.6 Å². The van der Waals surface area contributed by atoms with Gasteiger partial charge in [-0.1, -0.05) is 54.1 Å². The van der Waals surface area contributed by atoms with Gasteiger partial charge in [-0.15, -0.1) is 0 Å².